The number of amides is 1. The second kappa shape index (κ2) is 7.86. The fraction of sp³-hybridized carbons (Fsp3) is 0.455. The number of aryl methyl sites for hydroxylation is 1. The summed E-state index contributed by atoms with van der Waals surface area (Å²) in [7, 11) is 0. The number of carbonyl (C=O) groups excluding carboxylic acids is 1. The molecule has 1 aliphatic rings. The number of aromatic nitrogens is 4. The highest BCUT2D eigenvalue weighted by molar-refractivity contribution is 5.94. The maximum absolute atomic E-state index is 13.8. The average molecular weight is 429 g/mol. The van der Waals surface area contributed by atoms with Gasteiger partial charge in [-0.1, -0.05) is 25.9 Å². The van der Waals surface area contributed by atoms with Crippen LogP contribution in [0.2, 0.25) is 0 Å². The molecule has 31 heavy (non-hydrogen) atoms. The number of fused-ring (bicyclic) bond motifs is 1. The molecule has 0 spiro atoms. The van der Waals surface area contributed by atoms with Gasteiger partial charge in [-0.05, 0) is 49.8 Å². The van der Waals surface area contributed by atoms with Crippen molar-refractivity contribution in [1.29, 1.82) is 0 Å². The van der Waals surface area contributed by atoms with Gasteiger partial charge in [0.15, 0.2) is 17.5 Å². The molecule has 0 aliphatic carbocycles. The van der Waals surface area contributed by atoms with E-state index >= 15 is 0 Å². The molecule has 2 aromatic heterocycles. The lowest BCUT2D eigenvalue weighted by Gasteiger charge is -2.28. The van der Waals surface area contributed by atoms with E-state index in [2.05, 4.69) is 20.4 Å². The van der Waals surface area contributed by atoms with Crippen LogP contribution in [0.1, 0.15) is 67.6 Å². The molecule has 3 aromatic rings. The molecule has 1 aromatic carbocycles. The fourth-order valence-corrected chi connectivity index (χ4v) is 3.86. The third-order valence-electron chi connectivity index (χ3n) is 5.44. The maximum Gasteiger partial charge on any atom is 0.272 e. The van der Waals surface area contributed by atoms with E-state index in [-0.39, 0.29) is 11.6 Å². The van der Waals surface area contributed by atoms with Crippen LogP contribution in [0, 0.1) is 24.0 Å². The predicted molar refractivity (Wildman–Crippen MR) is 109 cm³/mol. The summed E-state index contributed by atoms with van der Waals surface area (Å²) in [6, 6.07) is 3.14. The molecule has 9 heteroatoms. The molecule has 3 heterocycles. The molecule has 0 saturated carbocycles. The molecule has 1 aliphatic heterocycles. The highest BCUT2D eigenvalue weighted by Crippen LogP contribution is 2.33. The minimum absolute atomic E-state index is 0.282. The number of benzene rings is 1. The van der Waals surface area contributed by atoms with E-state index < -0.39 is 23.1 Å². The van der Waals surface area contributed by atoms with E-state index in [1.54, 1.807) is 6.92 Å². The van der Waals surface area contributed by atoms with Crippen LogP contribution in [-0.4, -0.2) is 25.6 Å². The quantitative estimate of drug-likeness (QED) is 0.666. The van der Waals surface area contributed by atoms with Gasteiger partial charge in [-0.25, -0.2) is 13.8 Å². The van der Waals surface area contributed by atoms with Crippen LogP contribution in [-0.2, 0) is 13.0 Å². The molecule has 7 nitrogen and oxygen atoms in total. The van der Waals surface area contributed by atoms with Crippen LogP contribution in [0.4, 0.5) is 8.78 Å². The average Bonchev–Trinajstić information content (AvgIpc) is 3.31. The first-order valence-electron chi connectivity index (χ1n) is 10.3. The van der Waals surface area contributed by atoms with Crippen molar-refractivity contribution in [1.82, 2.24) is 25.0 Å². The summed E-state index contributed by atoms with van der Waals surface area (Å²) in [5, 5.41) is 6.83. The second-order valence-electron chi connectivity index (χ2n) is 8.92. The minimum atomic E-state index is -0.948. The third kappa shape index (κ3) is 4.08. The lowest BCUT2D eigenvalue weighted by Crippen LogP contribution is -2.37. The van der Waals surface area contributed by atoms with Gasteiger partial charge in [-0.3, -0.25) is 4.79 Å². The Morgan fingerprint density at radius 1 is 1.19 bits per heavy atom. The molecular weight excluding hydrogens is 404 g/mol. The van der Waals surface area contributed by atoms with Gasteiger partial charge < -0.3 is 14.4 Å². The van der Waals surface area contributed by atoms with Crippen molar-refractivity contribution in [2.24, 2.45) is 5.41 Å². The lowest BCUT2D eigenvalue weighted by molar-refractivity contribution is 0.0874. The summed E-state index contributed by atoms with van der Waals surface area (Å²) >= 11 is 0. The third-order valence-corrected chi connectivity index (χ3v) is 5.44. The number of imidazole rings is 1. The van der Waals surface area contributed by atoms with Crippen LogP contribution in [0.25, 0.3) is 11.4 Å². The van der Waals surface area contributed by atoms with Crippen molar-refractivity contribution in [3.8, 4) is 11.4 Å². The highest BCUT2D eigenvalue weighted by Gasteiger charge is 2.35. The largest absolute Gasteiger partial charge is 0.338 e. The Balaban J connectivity index is 1.72. The van der Waals surface area contributed by atoms with Crippen LogP contribution in [0.15, 0.2) is 22.7 Å². The number of rotatable bonds is 4. The molecule has 4 rings (SSSR count). The summed E-state index contributed by atoms with van der Waals surface area (Å²) in [5.74, 6) is -0.966. The zero-order valence-corrected chi connectivity index (χ0v) is 18.0. The first-order valence-corrected chi connectivity index (χ1v) is 10.3. The van der Waals surface area contributed by atoms with Gasteiger partial charge in [0.1, 0.15) is 17.6 Å². The molecule has 1 atom stereocenters. The Morgan fingerprint density at radius 2 is 1.97 bits per heavy atom. The van der Waals surface area contributed by atoms with Crippen LogP contribution >= 0.6 is 0 Å². The van der Waals surface area contributed by atoms with Gasteiger partial charge in [0.2, 0.25) is 5.89 Å². The van der Waals surface area contributed by atoms with Crippen LogP contribution in [0.5, 0.6) is 0 Å². The molecular formula is C22H25F2N5O2. The van der Waals surface area contributed by atoms with Crippen LogP contribution < -0.4 is 5.32 Å². The van der Waals surface area contributed by atoms with E-state index in [1.165, 1.54) is 6.07 Å². The van der Waals surface area contributed by atoms with Gasteiger partial charge >= 0.3 is 0 Å². The first-order chi connectivity index (χ1) is 14.6. The van der Waals surface area contributed by atoms with Crippen LogP contribution in [0.3, 0.4) is 0 Å². The summed E-state index contributed by atoms with van der Waals surface area (Å²) in [6.07, 6.45) is 2.53. The van der Waals surface area contributed by atoms with E-state index in [4.69, 9.17) is 4.52 Å². The molecule has 164 valence electrons. The van der Waals surface area contributed by atoms with Crippen molar-refractivity contribution in [2.75, 3.05) is 0 Å². The zero-order chi connectivity index (χ0) is 22.3. The van der Waals surface area contributed by atoms with Gasteiger partial charge in [0, 0.05) is 12.1 Å². The topological polar surface area (TPSA) is 85.8 Å². The second-order valence-corrected chi connectivity index (χ2v) is 8.92. The van der Waals surface area contributed by atoms with E-state index in [9.17, 15) is 13.6 Å². The van der Waals surface area contributed by atoms with Crippen molar-refractivity contribution in [2.45, 2.75) is 59.5 Å². The van der Waals surface area contributed by atoms with Gasteiger partial charge in [0.25, 0.3) is 5.91 Å². The van der Waals surface area contributed by atoms with Crippen molar-refractivity contribution >= 4 is 5.91 Å². The van der Waals surface area contributed by atoms with E-state index in [1.807, 2.05) is 25.3 Å². The molecule has 1 amide bonds. The number of nitrogens with zero attached hydrogens (tertiary/aromatic N) is 4. The zero-order valence-electron chi connectivity index (χ0n) is 18.0. The molecule has 1 unspecified atom stereocenters. The first kappa shape index (κ1) is 21.1. The fourth-order valence-electron chi connectivity index (χ4n) is 3.86. The Morgan fingerprint density at radius 3 is 2.61 bits per heavy atom. The normalized spacial score (nSPS) is 14.9. The monoisotopic (exact) mass is 429 g/mol. The standard InChI is InChI=1S/C22H25F2N5O2/c1-12-25-21(31-28-12)18(22(2,3)4)27-20(30)17-16-7-5-6-10-29(16)19(26-17)13-8-9-14(23)15(24)11-13/h8-9,11,18H,5-7,10H2,1-4H3,(H,27,30). The summed E-state index contributed by atoms with van der Waals surface area (Å²) in [6.45, 7) is 8.27. The minimum Gasteiger partial charge on any atom is -0.338 e. The van der Waals surface area contributed by atoms with Gasteiger partial charge in [-0.2, -0.15) is 4.98 Å². The summed E-state index contributed by atoms with van der Waals surface area (Å²) in [4.78, 5) is 22.2. The Labute approximate surface area is 178 Å². The summed E-state index contributed by atoms with van der Waals surface area (Å²) < 4.78 is 34.5. The summed E-state index contributed by atoms with van der Waals surface area (Å²) in [5.41, 5.74) is 1.11. The predicted octanol–water partition coefficient (Wildman–Crippen LogP) is 4.37. The lowest BCUT2D eigenvalue weighted by atomic mass is 9.86. The number of nitrogens with one attached hydrogen (secondary N) is 1. The highest BCUT2D eigenvalue weighted by atomic mass is 19.2. The SMILES string of the molecule is Cc1noc(C(NC(=O)c2nc(-c3ccc(F)c(F)c3)n3c2CCCC3)C(C)(C)C)n1. The van der Waals surface area contributed by atoms with E-state index in [0.29, 0.717) is 36.1 Å². The van der Waals surface area contributed by atoms with Gasteiger partial charge in [-0.15, -0.1) is 0 Å². The van der Waals surface area contributed by atoms with Crippen molar-refractivity contribution in [3.63, 3.8) is 0 Å². The Hall–Kier alpha value is -3.10. The number of halogens is 2. The van der Waals surface area contributed by atoms with E-state index in [0.717, 1.165) is 30.7 Å². The molecule has 0 saturated heterocycles. The van der Waals surface area contributed by atoms with Crippen molar-refractivity contribution < 1.29 is 18.1 Å². The Kier molecular flexibility index (Phi) is 5.36. The molecule has 0 bridgehead atoms. The number of hydrogen-bond acceptors (Lipinski definition) is 5. The maximum atomic E-state index is 13.8. The van der Waals surface area contributed by atoms with Crippen molar-refractivity contribution in [3.05, 3.63) is 52.9 Å². The Bertz CT molecular complexity index is 1130. The molecule has 0 radical (unpaired) electrons. The number of hydrogen-bond donors (Lipinski definition) is 1. The molecule has 1 N–H and O–H groups in total. The number of carbonyl (C=O) groups is 1. The smallest absolute Gasteiger partial charge is 0.272 e. The molecule has 0 fully saturated rings. The van der Waals surface area contributed by atoms with Gasteiger partial charge in [0.05, 0.1) is 5.69 Å².